The molecule has 0 heterocycles. The molecule has 1 aromatic rings. The Kier molecular flexibility index (Phi) is 4.42. The quantitative estimate of drug-likeness (QED) is 0.622. The van der Waals surface area contributed by atoms with E-state index in [1.54, 1.807) is 6.07 Å². The number of ether oxygens (including phenoxy) is 1. The van der Waals surface area contributed by atoms with Gasteiger partial charge in [-0.1, -0.05) is 0 Å². The lowest BCUT2D eigenvalue weighted by Gasteiger charge is -2.16. The zero-order valence-electron chi connectivity index (χ0n) is 10.7. The molecule has 1 fully saturated rings. The highest BCUT2D eigenvalue weighted by atomic mass is 79.9. The van der Waals surface area contributed by atoms with Gasteiger partial charge in [0.2, 0.25) is 0 Å². The smallest absolute Gasteiger partial charge is 0.179 e. The molecule has 0 aliphatic heterocycles. The Morgan fingerprint density at radius 2 is 2.26 bits per heavy atom. The molecule has 0 atom stereocenters. The molecule has 0 bridgehead atoms. The molecule has 104 valence electrons. The van der Waals surface area contributed by atoms with Crippen LogP contribution in [-0.4, -0.2) is 37.0 Å². The number of hydrogen-bond acceptors (Lipinski definition) is 3. The van der Waals surface area contributed by atoms with E-state index in [-0.39, 0.29) is 16.1 Å². The van der Waals surface area contributed by atoms with Crippen molar-refractivity contribution in [2.75, 3.05) is 20.2 Å². The second-order valence-corrected chi connectivity index (χ2v) is 5.51. The highest BCUT2D eigenvalue weighted by molar-refractivity contribution is 9.10. The minimum absolute atomic E-state index is 0.174. The van der Waals surface area contributed by atoms with Gasteiger partial charge in [0, 0.05) is 18.2 Å². The number of nitrogens with two attached hydrogens (primary N) is 1. The molecule has 4 nitrogen and oxygen atoms in total. The summed E-state index contributed by atoms with van der Waals surface area (Å²) in [5.41, 5.74) is 5.69. The number of nitrogens with one attached hydrogen (secondary N) is 1. The number of rotatable bonds is 6. The van der Waals surface area contributed by atoms with Crippen molar-refractivity contribution in [1.29, 1.82) is 5.41 Å². The molecule has 0 amide bonds. The first-order chi connectivity index (χ1) is 9.00. The molecule has 1 saturated carbocycles. The minimum atomic E-state index is -0.512. The average Bonchev–Trinajstić information content (AvgIpc) is 3.18. The molecule has 0 radical (unpaired) electrons. The van der Waals surface area contributed by atoms with E-state index in [4.69, 9.17) is 15.9 Å². The maximum Gasteiger partial charge on any atom is 0.179 e. The monoisotopic (exact) mass is 329 g/mol. The molecule has 0 unspecified atom stereocenters. The summed E-state index contributed by atoms with van der Waals surface area (Å²) in [4.78, 5) is 2.22. The standard InChI is InChI=1S/C13H17BrFN3O/c1-18(8-2-3-8)6-7-19-10-5-4-9(13(16)17)11(14)12(10)15/h4-5,8H,2-3,6-7H2,1H3,(H3,16,17). The fourth-order valence-electron chi connectivity index (χ4n) is 1.85. The second-order valence-electron chi connectivity index (χ2n) is 4.71. The Morgan fingerprint density at radius 3 is 2.84 bits per heavy atom. The van der Waals surface area contributed by atoms with E-state index in [0.29, 0.717) is 18.2 Å². The van der Waals surface area contributed by atoms with Crippen LogP contribution in [0.25, 0.3) is 0 Å². The summed E-state index contributed by atoms with van der Waals surface area (Å²) in [5.74, 6) is -0.506. The Hall–Kier alpha value is -1.14. The second kappa shape index (κ2) is 5.88. The summed E-state index contributed by atoms with van der Waals surface area (Å²) in [6.45, 7) is 1.21. The van der Waals surface area contributed by atoms with E-state index in [0.717, 1.165) is 6.54 Å². The van der Waals surface area contributed by atoms with Gasteiger partial charge in [0.1, 0.15) is 12.4 Å². The van der Waals surface area contributed by atoms with Crippen molar-refractivity contribution in [1.82, 2.24) is 4.90 Å². The first-order valence-corrected chi connectivity index (χ1v) is 6.95. The van der Waals surface area contributed by atoms with Gasteiger partial charge in [-0.15, -0.1) is 0 Å². The van der Waals surface area contributed by atoms with Crippen molar-refractivity contribution in [3.8, 4) is 5.75 Å². The third-order valence-electron chi connectivity index (χ3n) is 3.21. The largest absolute Gasteiger partial charge is 0.489 e. The van der Waals surface area contributed by atoms with Gasteiger partial charge in [0.15, 0.2) is 11.6 Å². The molecule has 0 spiro atoms. The van der Waals surface area contributed by atoms with Gasteiger partial charge in [0.05, 0.1) is 4.47 Å². The molecule has 6 heteroatoms. The highest BCUT2D eigenvalue weighted by Crippen LogP contribution is 2.29. The summed E-state index contributed by atoms with van der Waals surface area (Å²) in [6, 6.07) is 3.75. The van der Waals surface area contributed by atoms with E-state index in [2.05, 4.69) is 20.8 Å². The number of hydrogen-bond donors (Lipinski definition) is 2. The van der Waals surface area contributed by atoms with Crippen LogP contribution in [0.2, 0.25) is 0 Å². The van der Waals surface area contributed by atoms with Crippen molar-refractivity contribution in [3.63, 3.8) is 0 Å². The van der Waals surface area contributed by atoms with Gasteiger partial charge in [-0.3, -0.25) is 5.41 Å². The maximum atomic E-state index is 14.0. The average molecular weight is 330 g/mol. The fourth-order valence-corrected chi connectivity index (χ4v) is 2.39. The minimum Gasteiger partial charge on any atom is -0.489 e. The van der Waals surface area contributed by atoms with Gasteiger partial charge in [-0.05, 0) is 48.0 Å². The predicted molar refractivity (Wildman–Crippen MR) is 76.3 cm³/mol. The molecule has 0 saturated heterocycles. The molecule has 1 aromatic carbocycles. The van der Waals surface area contributed by atoms with E-state index in [1.807, 2.05) is 7.05 Å². The van der Waals surface area contributed by atoms with Crippen LogP contribution in [0.1, 0.15) is 18.4 Å². The van der Waals surface area contributed by atoms with Crippen LogP contribution in [0.15, 0.2) is 16.6 Å². The number of benzene rings is 1. The summed E-state index contributed by atoms with van der Waals surface area (Å²) in [7, 11) is 2.05. The number of halogens is 2. The van der Waals surface area contributed by atoms with E-state index in [1.165, 1.54) is 18.9 Å². The lowest BCUT2D eigenvalue weighted by Crippen LogP contribution is -2.26. The first kappa shape index (κ1) is 14.3. The lowest BCUT2D eigenvalue weighted by atomic mass is 10.2. The molecule has 0 aromatic heterocycles. The summed E-state index contributed by atoms with van der Waals surface area (Å²) in [5, 5.41) is 7.33. The van der Waals surface area contributed by atoms with Crippen LogP contribution in [-0.2, 0) is 0 Å². The third kappa shape index (κ3) is 3.45. The van der Waals surface area contributed by atoms with Crippen LogP contribution in [0, 0.1) is 11.2 Å². The van der Waals surface area contributed by atoms with Crippen LogP contribution >= 0.6 is 15.9 Å². The number of likely N-dealkylation sites (N-methyl/N-ethyl adjacent to an activating group) is 1. The van der Waals surface area contributed by atoms with E-state index < -0.39 is 5.82 Å². The van der Waals surface area contributed by atoms with Crippen LogP contribution in [0.4, 0.5) is 4.39 Å². The summed E-state index contributed by atoms with van der Waals surface area (Å²) in [6.07, 6.45) is 2.48. The number of nitrogens with zero attached hydrogens (tertiary/aromatic N) is 1. The third-order valence-corrected chi connectivity index (χ3v) is 3.98. The SMILES string of the molecule is CN(CCOc1ccc(C(=N)N)c(Br)c1F)C1CC1. The number of nitrogen functional groups attached to an aromatic ring is 1. The van der Waals surface area contributed by atoms with Crippen molar-refractivity contribution < 1.29 is 9.13 Å². The number of amidine groups is 1. The first-order valence-electron chi connectivity index (χ1n) is 6.16. The zero-order chi connectivity index (χ0) is 14.0. The Morgan fingerprint density at radius 1 is 1.58 bits per heavy atom. The topological polar surface area (TPSA) is 62.3 Å². The maximum absolute atomic E-state index is 14.0. The van der Waals surface area contributed by atoms with Crippen molar-refractivity contribution in [2.45, 2.75) is 18.9 Å². The van der Waals surface area contributed by atoms with Crippen molar-refractivity contribution in [2.24, 2.45) is 5.73 Å². The highest BCUT2D eigenvalue weighted by Gasteiger charge is 2.25. The van der Waals surface area contributed by atoms with Gasteiger partial charge < -0.3 is 15.4 Å². The molecule has 1 aliphatic rings. The molecule has 3 N–H and O–H groups in total. The van der Waals surface area contributed by atoms with Crippen LogP contribution < -0.4 is 10.5 Å². The fraction of sp³-hybridized carbons (Fsp3) is 0.462. The normalized spacial score (nSPS) is 14.7. The van der Waals surface area contributed by atoms with Gasteiger partial charge in [0.25, 0.3) is 0 Å². The Labute approximate surface area is 120 Å². The molecule has 2 rings (SSSR count). The predicted octanol–water partition coefficient (Wildman–Crippen LogP) is 2.35. The zero-order valence-corrected chi connectivity index (χ0v) is 12.3. The van der Waals surface area contributed by atoms with Crippen molar-refractivity contribution >= 4 is 21.8 Å². The van der Waals surface area contributed by atoms with Gasteiger partial charge >= 0.3 is 0 Å². The van der Waals surface area contributed by atoms with Crippen molar-refractivity contribution in [3.05, 3.63) is 28.0 Å². The summed E-state index contributed by atoms with van der Waals surface area (Å²) < 4.78 is 19.6. The van der Waals surface area contributed by atoms with Gasteiger partial charge in [-0.2, -0.15) is 0 Å². The molecule has 1 aliphatic carbocycles. The van der Waals surface area contributed by atoms with Gasteiger partial charge in [-0.25, -0.2) is 4.39 Å². The Balaban J connectivity index is 1.96. The van der Waals surface area contributed by atoms with Crippen LogP contribution in [0.3, 0.4) is 0 Å². The lowest BCUT2D eigenvalue weighted by molar-refractivity contribution is 0.225. The molecular formula is C13H17BrFN3O. The van der Waals surface area contributed by atoms with E-state index in [9.17, 15) is 4.39 Å². The van der Waals surface area contributed by atoms with Crippen LogP contribution in [0.5, 0.6) is 5.75 Å². The molecule has 19 heavy (non-hydrogen) atoms. The summed E-state index contributed by atoms with van der Waals surface area (Å²) >= 11 is 3.10. The molecular weight excluding hydrogens is 313 g/mol. The Bertz CT molecular complexity index is 491. The van der Waals surface area contributed by atoms with E-state index >= 15 is 0 Å².